The summed E-state index contributed by atoms with van der Waals surface area (Å²) in [7, 11) is 0. The Hall–Kier alpha value is -1.36. The first-order chi connectivity index (χ1) is 8.88. The van der Waals surface area contributed by atoms with Crippen molar-refractivity contribution >= 4 is 5.78 Å². The average molecular weight is 271 g/mol. The maximum absolute atomic E-state index is 12.4. The van der Waals surface area contributed by atoms with Crippen LogP contribution in [0.3, 0.4) is 0 Å². The molecule has 1 saturated carbocycles. The summed E-state index contributed by atoms with van der Waals surface area (Å²) >= 11 is 0. The van der Waals surface area contributed by atoms with Crippen molar-refractivity contribution in [3.63, 3.8) is 0 Å². The molecular weight excluding hydrogens is 255 g/mol. The fourth-order valence-corrected chi connectivity index (χ4v) is 2.52. The number of rotatable bonds is 2. The molecule has 0 bridgehead atoms. The number of nitrogens with two attached hydrogens (primary N) is 1. The molecule has 1 aromatic rings. The molecule has 2 atom stereocenters. The van der Waals surface area contributed by atoms with E-state index in [2.05, 4.69) is 0 Å². The Bertz CT molecular complexity index is 453. The summed E-state index contributed by atoms with van der Waals surface area (Å²) in [6.07, 6.45) is -1.16. The van der Waals surface area contributed by atoms with E-state index in [0.717, 1.165) is 31.4 Å². The summed E-state index contributed by atoms with van der Waals surface area (Å²) in [5.74, 6) is -0.246. The molecule has 0 radical (unpaired) electrons. The van der Waals surface area contributed by atoms with Gasteiger partial charge in [-0.1, -0.05) is 18.6 Å². The Kier molecular flexibility index (Phi) is 3.94. The van der Waals surface area contributed by atoms with Gasteiger partial charge < -0.3 is 5.73 Å². The highest BCUT2D eigenvalue weighted by Crippen LogP contribution is 2.30. The zero-order valence-electron chi connectivity index (χ0n) is 10.4. The summed E-state index contributed by atoms with van der Waals surface area (Å²) in [6.45, 7) is 0. The summed E-state index contributed by atoms with van der Waals surface area (Å²) in [5, 5.41) is 0. The first-order valence-electron chi connectivity index (χ1n) is 6.35. The second-order valence-corrected chi connectivity index (χ2v) is 5.06. The number of halogens is 3. The Balaban J connectivity index is 2.11. The van der Waals surface area contributed by atoms with E-state index in [-0.39, 0.29) is 17.7 Å². The highest BCUT2D eigenvalue weighted by Gasteiger charge is 2.31. The lowest BCUT2D eigenvalue weighted by Crippen LogP contribution is -2.31. The topological polar surface area (TPSA) is 43.1 Å². The number of hydrogen-bond acceptors (Lipinski definition) is 2. The van der Waals surface area contributed by atoms with Gasteiger partial charge in [0.25, 0.3) is 0 Å². The third kappa shape index (κ3) is 3.35. The lowest BCUT2D eigenvalue weighted by atomic mass is 9.81. The van der Waals surface area contributed by atoms with Crippen molar-refractivity contribution in [2.45, 2.75) is 37.9 Å². The van der Waals surface area contributed by atoms with Crippen LogP contribution in [0.5, 0.6) is 0 Å². The van der Waals surface area contributed by atoms with Gasteiger partial charge >= 0.3 is 6.18 Å². The van der Waals surface area contributed by atoms with Gasteiger partial charge in [0.15, 0.2) is 5.78 Å². The van der Waals surface area contributed by atoms with E-state index in [1.165, 1.54) is 12.1 Å². The molecule has 104 valence electrons. The first-order valence-corrected chi connectivity index (χ1v) is 6.35. The summed E-state index contributed by atoms with van der Waals surface area (Å²) in [6, 6.07) is 4.44. The number of Topliss-reactive ketones (excluding diaryl/α,β-unsaturated/α-hetero) is 1. The van der Waals surface area contributed by atoms with Crippen molar-refractivity contribution in [1.82, 2.24) is 0 Å². The van der Waals surface area contributed by atoms with E-state index in [1.54, 1.807) is 0 Å². The van der Waals surface area contributed by atoms with E-state index in [1.807, 2.05) is 0 Å². The highest BCUT2D eigenvalue weighted by atomic mass is 19.4. The predicted molar refractivity (Wildman–Crippen MR) is 65.7 cm³/mol. The largest absolute Gasteiger partial charge is 0.416 e. The number of carbonyl (C=O) groups excluding carboxylic acids is 1. The van der Waals surface area contributed by atoms with Crippen molar-refractivity contribution in [2.24, 2.45) is 11.7 Å². The minimum atomic E-state index is -4.37. The standard InChI is InChI=1S/C14H16F3NO/c15-14(16,17)11-6-4-9(5-7-11)13(19)10-2-1-3-12(18)8-10/h4-7,10,12H,1-3,8,18H2. The van der Waals surface area contributed by atoms with Crippen LogP contribution in [0.15, 0.2) is 24.3 Å². The lowest BCUT2D eigenvalue weighted by molar-refractivity contribution is -0.137. The second-order valence-electron chi connectivity index (χ2n) is 5.06. The number of carbonyl (C=O) groups is 1. The number of benzene rings is 1. The Labute approximate surface area is 109 Å². The van der Waals surface area contributed by atoms with Crippen LogP contribution in [0.2, 0.25) is 0 Å². The third-order valence-electron chi connectivity index (χ3n) is 3.58. The van der Waals surface area contributed by atoms with Crippen molar-refractivity contribution in [3.05, 3.63) is 35.4 Å². The zero-order valence-corrected chi connectivity index (χ0v) is 10.4. The van der Waals surface area contributed by atoms with E-state index >= 15 is 0 Å². The van der Waals surface area contributed by atoms with Crippen LogP contribution in [0.25, 0.3) is 0 Å². The molecule has 1 aliphatic carbocycles. The quantitative estimate of drug-likeness (QED) is 0.838. The number of alkyl halides is 3. The van der Waals surface area contributed by atoms with Gasteiger partial charge in [-0.3, -0.25) is 4.79 Å². The molecule has 2 nitrogen and oxygen atoms in total. The second kappa shape index (κ2) is 5.33. The van der Waals surface area contributed by atoms with Crippen molar-refractivity contribution in [3.8, 4) is 0 Å². The van der Waals surface area contributed by atoms with Gasteiger partial charge in [-0.15, -0.1) is 0 Å². The van der Waals surface area contributed by atoms with E-state index in [0.29, 0.717) is 12.0 Å². The molecule has 2 unspecified atom stereocenters. The summed E-state index contributed by atoms with van der Waals surface area (Å²) in [5.41, 5.74) is 5.43. The first kappa shape index (κ1) is 14.1. The summed E-state index contributed by atoms with van der Waals surface area (Å²) < 4.78 is 37.3. The molecule has 2 rings (SSSR count). The molecule has 5 heteroatoms. The molecule has 0 amide bonds. The SMILES string of the molecule is NC1CCCC(C(=O)c2ccc(C(F)(F)F)cc2)C1. The van der Waals surface area contributed by atoms with Gasteiger partial charge in [-0.05, 0) is 31.4 Å². The van der Waals surface area contributed by atoms with Gasteiger partial charge in [0.1, 0.15) is 0 Å². The van der Waals surface area contributed by atoms with Crippen molar-refractivity contribution < 1.29 is 18.0 Å². The molecule has 0 aliphatic heterocycles. The maximum atomic E-state index is 12.4. The van der Waals surface area contributed by atoms with Gasteiger partial charge in [0.2, 0.25) is 0 Å². The smallest absolute Gasteiger partial charge is 0.328 e. The van der Waals surface area contributed by atoms with Crippen LogP contribution in [-0.2, 0) is 6.18 Å². The average Bonchev–Trinajstić information content (AvgIpc) is 2.37. The monoisotopic (exact) mass is 271 g/mol. The minimum Gasteiger partial charge on any atom is -0.328 e. The van der Waals surface area contributed by atoms with E-state index < -0.39 is 11.7 Å². The van der Waals surface area contributed by atoms with Crippen LogP contribution in [0, 0.1) is 5.92 Å². The van der Waals surface area contributed by atoms with E-state index in [4.69, 9.17) is 5.73 Å². The van der Waals surface area contributed by atoms with Gasteiger partial charge in [-0.25, -0.2) is 0 Å². The van der Waals surface area contributed by atoms with Gasteiger partial charge in [0.05, 0.1) is 5.56 Å². The minimum absolute atomic E-state index is 0.0251. The van der Waals surface area contributed by atoms with Crippen molar-refractivity contribution in [2.75, 3.05) is 0 Å². The lowest BCUT2D eigenvalue weighted by Gasteiger charge is -2.25. The van der Waals surface area contributed by atoms with Crippen LogP contribution < -0.4 is 5.73 Å². The molecule has 0 aromatic heterocycles. The molecular formula is C14H16F3NO. The molecule has 0 heterocycles. The Morgan fingerprint density at radius 2 is 1.79 bits per heavy atom. The molecule has 1 fully saturated rings. The van der Waals surface area contributed by atoms with Gasteiger partial charge in [0, 0.05) is 17.5 Å². The Morgan fingerprint density at radius 1 is 1.16 bits per heavy atom. The van der Waals surface area contributed by atoms with Crippen LogP contribution in [0.1, 0.15) is 41.6 Å². The molecule has 1 aromatic carbocycles. The molecule has 1 aliphatic rings. The zero-order chi connectivity index (χ0) is 14.0. The summed E-state index contributed by atoms with van der Waals surface area (Å²) in [4.78, 5) is 12.2. The normalized spacial score (nSPS) is 24.2. The maximum Gasteiger partial charge on any atom is 0.416 e. The number of ketones is 1. The van der Waals surface area contributed by atoms with Crippen LogP contribution in [-0.4, -0.2) is 11.8 Å². The van der Waals surface area contributed by atoms with Crippen LogP contribution in [0.4, 0.5) is 13.2 Å². The fraction of sp³-hybridized carbons (Fsp3) is 0.500. The van der Waals surface area contributed by atoms with Crippen LogP contribution >= 0.6 is 0 Å². The third-order valence-corrected chi connectivity index (χ3v) is 3.58. The number of hydrogen-bond donors (Lipinski definition) is 1. The van der Waals surface area contributed by atoms with Crippen molar-refractivity contribution in [1.29, 1.82) is 0 Å². The molecule has 2 N–H and O–H groups in total. The highest BCUT2D eigenvalue weighted by molar-refractivity contribution is 5.97. The predicted octanol–water partition coefficient (Wildman–Crippen LogP) is 3.41. The fourth-order valence-electron chi connectivity index (χ4n) is 2.52. The van der Waals surface area contributed by atoms with Gasteiger partial charge in [-0.2, -0.15) is 13.2 Å². The molecule has 0 spiro atoms. The Morgan fingerprint density at radius 3 is 2.32 bits per heavy atom. The van der Waals surface area contributed by atoms with E-state index in [9.17, 15) is 18.0 Å². The molecule has 19 heavy (non-hydrogen) atoms. The molecule has 0 saturated heterocycles.